The van der Waals surface area contributed by atoms with Crippen molar-refractivity contribution >= 4 is 17.7 Å². The van der Waals surface area contributed by atoms with Crippen molar-refractivity contribution in [3.05, 3.63) is 75.3 Å². The quantitative estimate of drug-likeness (QED) is 0.499. The second-order valence-electron chi connectivity index (χ2n) is 9.17. The maximum Gasteiger partial charge on any atom is 0.421 e. The summed E-state index contributed by atoms with van der Waals surface area (Å²) in [5.74, 6) is -0.439. The molecule has 0 bridgehead atoms. The Bertz CT molecular complexity index is 1420. The number of piperazine rings is 1. The first-order chi connectivity index (χ1) is 18.4. The number of carbonyl (C=O) groups is 1. The van der Waals surface area contributed by atoms with Crippen molar-refractivity contribution in [2.24, 2.45) is 0 Å². The minimum Gasteiger partial charge on any atom is -0.338 e. The molecule has 3 aromatic rings. The van der Waals surface area contributed by atoms with Crippen LogP contribution in [-0.2, 0) is 30.1 Å². The van der Waals surface area contributed by atoms with Crippen LogP contribution in [0.25, 0.3) is 0 Å². The molecule has 5 rings (SSSR count). The third-order valence-corrected chi connectivity index (χ3v) is 6.76. The molecule has 1 aromatic carbocycles. The van der Waals surface area contributed by atoms with Crippen molar-refractivity contribution in [2.45, 2.75) is 31.4 Å². The first-order valence-corrected chi connectivity index (χ1v) is 11.8. The number of aromatic amines is 1. The van der Waals surface area contributed by atoms with Crippen LogP contribution in [0.2, 0.25) is 0 Å². The van der Waals surface area contributed by atoms with Gasteiger partial charge in [0.05, 0.1) is 5.56 Å². The van der Waals surface area contributed by atoms with Crippen LogP contribution in [0, 0.1) is 0 Å². The molecule has 1 atom stereocenters. The highest BCUT2D eigenvalue weighted by molar-refractivity contribution is 5.86. The number of rotatable bonds is 3. The van der Waals surface area contributed by atoms with Gasteiger partial charge in [-0.1, -0.05) is 24.3 Å². The summed E-state index contributed by atoms with van der Waals surface area (Å²) in [6, 6.07) is 6.99. The normalized spacial score (nSPS) is 18.2. The Hall–Kier alpha value is -4.17. The molecular formula is C24H21F6N7O2. The number of aromatic nitrogens is 4. The number of H-pyrrole nitrogens is 1. The van der Waals surface area contributed by atoms with Gasteiger partial charge in [-0.25, -0.2) is 15.1 Å². The fraction of sp³-hybridized carbons (Fsp3) is 0.375. The van der Waals surface area contributed by atoms with E-state index in [9.17, 15) is 35.9 Å². The molecule has 2 aliphatic rings. The van der Waals surface area contributed by atoms with E-state index in [4.69, 9.17) is 0 Å². The minimum atomic E-state index is -4.91. The molecule has 0 unspecified atom stereocenters. The first-order valence-electron chi connectivity index (χ1n) is 11.8. The van der Waals surface area contributed by atoms with Gasteiger partial charge in [-0.2, -0.15) is 31.4 Å². The van der Waals surface area contributed by atoms with E-state index in [0.29, 0.717) is 18.5 Å². The third kappa shape index (κ3) is 5.38. The van der Waals surface area contributed by atoms with E-state index in [1.165, 1.54) is 4.90 Å². The van der Waals surface area contributed by atoms with Crippen molar-refractivity contribution in [2.75, 3.05) is 36.0 Å². The van der Waals surface area contributed by atoms with Crippen molar-refractivity contribution in [3.63, 3.8) is 0 Å². The first kappa shape index (κ1) is 26.4. The van der Waals surface area contributed by atoms with Gasteiger partial charge in [0.1, 0.15) is 11.6 Å². The van der Waals surface area contributed by atoms with E-state index >= 15 is 0 Å². The summed E-state index contributed by atoms with van der Waals surface area (Å²) < 4.78 is 78.7. The highest BCUT2D eigenvalue weighted by Crippen LogP contribution is 2.32. The van der Waals surface area contributed by atoms with Gasteiger partial charge in [-0.15, -0.1) is 0 Å². The smallest absolute Gasteiger partial charge is 0.338 e. The lowest BCUT2D eigenvalue weighted by Gasteiger charge is -2.41. The van der Waals surface area contributed by atoms with Gasteiger partial charge in [0.15, 0.2) is 5.82 Å². The molecule has 1 saturated heterocycles. The van der Waals surface area contributed by atoms with Crippen LogP contribution >= 0.6 is 0 Å². The van der Waals surface area contributed by atoms with Gasteiger partial charge in [-0.3, -0.25) is 9.59 Å². The zero-order valence-electron chi connectivity index (χ0n) is 20.1. The second-order valence-corrected chi connectivity index (χ2v) is 9.17. The summed E-state index contributed by atoms with van der Waals surface area (Å²) in [6.45, 7) is 0.984. The molecule has 2 aromatic heterocycles. The van der Waals surface area contributed by atoms with Crippen molar-refractivity contribution in [1.82, 2.24) is 25.1 Å². The predicted octanol–water partition coefficient (Wildman–Crippen LogP) is 2.88. The zero-order valence-corrected chi connectivity index (χ0v) is 20.1. The molecule has 0 saturated carbocycles. The van der Waals surface area contributed by atoms with Gasteiger partial charge in [0, 0.05) is 57.6 Å². The van der Waals surface area contributed by atoms with Crippen LogP contribution in [0.15, 0.2) is 47.5 Å². The Labute approximate surface area is 217 Å². The molecule has 39 heavy (non-hydrogen) atoms. The average molecular weight is 553 g/mol. The Morgan fingerprint density at radius 2 is 1.56 bits per heavy atom. The van der Waals surface area contributed by atoms with Crippen LogP contribution in [-0.4, -0.2) is 63.2 Å². The molecular weight excluding hydrogens is 532 g/mol. The second kappa shape index (κ2) is 9.85. The number of halogens is 6. The number of hydrogen-bond donors (Lipinski definition) is 1. The van der Waals surface area contributed by atoms with E-state index < -0.39 is 35.1 Å². The van der Waals surface area contributed by atoms with Crippen LogP contribution in [0.1, 0.15) is 22.3 Å². The molecule has 9 nitrogen and oxygen atoms in total. The zero-order chi connectivity index (χ0) is 27.9. The van der Waals surface area contributed by atoms with Crippen LogP contribution in [0.4, 0.5) is 38.1 Å². The van der Waals surface area contributed by atoms with Gasteiger partial charge >= 0.3 is 12.4 Å². The van der Waals surface area contributed by atoms with Gasteiger partial charge < -0.3 is 14.7 Å². The molecule has 206 valence electrons. The number of hydrogen-bond acceptors (Lipinski definition) is 7. The lowest BCUT2D eigenvalue weighted by molar-refractivity contribution is -0.139. The molecule has 0 radical (unpaired) electrons. The van der Waals surface area contributed by atoms with E-state index in [0.717, 1.165) is 11.1 Å². The number of benzene rings is 1. The number of anilines is 2. The van der Waals surface area contributed by atoms with Crippen molar-refractivity contribution in [1.29, 1.82) is 0 Å². The Balaban J connectivity index is 1.36. The summed E-state index contributed by atoms with van der Waals surface area (Å²) in [6.07, 6.45) is -7.86. The molecule has 4 heterocycles. The number of nitrogens with one attached hydrogen (secondary N) is 1. The predicted molar refractivity (Wildman–Crippen MR) is 126 cm³/mol. The summed E-state index contributed by atoms with van der Waals surface area (Å²) in [4.78, 5) is 37.7. The van der Waals surface area contributed by atoms with Gasteiger partial charge in [0.25, 0.3) is 5.56 Å². The lowest BCUT2D eigenvalue weighted by atomic mass is 9.93. The van der Waals surface area contributed by atoms with Gasteiger partial charge in [-0.05, 0) is 11.1 Å². The topological polar surface area (TPSA) is 98.3 Å². The monoisotopic (exact) mass is 553 g/mol. The standard InChI is InChI=1S/C24H21F6N7O2/c25-23(26,27)16-11-31-22(32-12-16)36-7-5-35(6-8-36)21(39)18-9-14-3-1-2-4-15(14)13-37(18)19-10-17(24(28,29)30)20(38)34-33-19/h1-4,10-12,18H,5-9,13H2,(H,34,38)/t18-/m0/s1. The van der Waals surface area contributed by atoms with E-state index in [1.807, 2.05) is 17.2 Å². The van der Waals surface area contributed by atoms with E-state index in [1.54, 1.807) is 21.9 Å². The highest BCUT2D eigenvalue weighted by Gasteiger charge is 2.39. The summed E-state index contributed by atoms with van der Waals surface area (Å²) in [7, 11) is 0. The van der Waals surface area contributed by atoms with E-state index in [-0.39, 0.29) is 56.8 Å². The third-order valence-electron chi connectivity index (χ3n) is 6.76. The summed E-state index contributed by atoms with van der Waals surface area (Å²) in [5, 5.41) is 5.71. The fourth-order valence-corrected chi connectivity index (χ4v) is 4.71. The number of fused-ring (bicyclic) bond motifs is 1. The molecule has 0 spiro atoms. The number of nitrogens with zero attached hydrogens (tertiary/aromatic N) is 6. The maximum absolute atomic E-state index is 13.7. The van der Waals surface area contributed by atoms with Crippen LogP contribution in [0.3, 0.4) is 0 Å². The Morgan fingerprint density at radius 3 is 2.18 bits per heavy atom. The molecule has 0 aliphatic carbocycles. The van der Waals surface area contributed by atoms with E-state index in [2.05, 4.69) is 15.1 Å². The number of alkyl halides is 6. The van der Waals surface area contributed by atoms with Crippen molar-refractivity contribution < 1.29 is 31.1 Å². The lowest BCUT2D eigenvalue weighted by Crippen LogP contribution is -2.57. The molecule has 15 heteroatoms. The largest absolute Gasteiger partial charge is 0.421 e. The summed E-state index contributed by atoms with van der Waals surface area (Å²) in [5.41, 5.74) is -2.09. The van der Waals surface area contributed by atoms with Gasteiger partial charge in [0.2, 0.25) is 11.9 Å². The van der Waals surface area contributed by atoms with Crippen LogP contribution < -0.4 is 15.4 Å². The molecule has 1 fully saturated rings. The molecule has 1 N–H and O–H groups in total. The Kier molecular flexibility index (Phi) is 6.68. The number of carbonyl (C=O) groups excluding carboxylic acids is 1. The maximum atomic E-state index is 13.7. The highest BCUT2D eigenvalue weighted by atomic mass is 19.4. The molecule has 2 aliphatic heterocycles. The van der Waals surface area contributed by atoms with Crippen LogP contribution in [0.5, 0.6) is 0 Å². The molecule has 1 amide bonds. The number of amides is 1. The minimum absolute atomic E-state index is 0.0976. The Morgan fingerprint density at radius 1 is 0.923 bits per heavy atom. The summed E-state index contributed by atoms with van der Waals surface area (Å²) >= 11 is 0. The SMILES string of the molecule is O=C([C@@H]1Cc2ccccc2CN1c1cc(C(F)(F)F)c(=O)[nH]n1)N1CCN(c2ncc(C(F)(F)F)cn2)CC1. The van der Waals surface area contributed by atoms with Crippen molar-refractivity contribution in [3.8, 4) is 0 Å². The fourth-order valence-electron chi connectivity index (χ4n) is 4.71. The average Bonchev–Trinajstić information content (AvgIpc) is 2.91.